The van der Waals surface area contributed by atoms with Gasteiger partial charge in [0.2, 0.25) is 0 Å². The summed E-state index contributed by atoms with van der Waals surface area (Å²) < 4.78 is 6.16. The van der Waals surface area contributed by atoms with Crippen molar-refractivity contribution >= 4 is 11.9 Å². The van der Waals surface area contributed by atoms with E-state index in [0.717, 1.165) is 38.5 Å². The number of unbranched alkanes of at least 4 members (excludes halogenated alkanes) is 5. The van der Waals surface area contributed by atoms with Gasteiger partial charge < -0.3 is 9.84 Å². The summed E-state index contributed by atoms with van der Waals surface area (Å²) in [7, 11) is 0. The molecule has 0 bridgehead atoms. The van der Waals surface area contributed by atoms with Crippen LogP contribution in [-0.4, -0.2) is 22.6 Å². The van der Waals surface area contributed by atoms with Crippen molar-refractivity contribution in [3.63, 3.8) is 0 Å². The van der Waals surface area contributed by atoms with Crippen LogP contribution in [0.25, 0.3) is 0 Å². The first-order valence-electron chi connectivity index (χ1n) is 11.0. The Hall–Kier alpha value is -1.06. The van der Waals surface area contributed by atoms with Crippen LogP contribution in [0.4, 0.5) is 0 Å². The Kier molecular flexibility index (Phi) is 8.94. The van der Waals surface area contributed by atoms with Gasteiger partial charge in [0, 0.05) is 0 Å². The summed E-state index contributed by atoms with van der Waals surface area (Å²) in [5, 5.41) is 9.12. The molecule has 0 aromatic rings. The number of carboxylic acid groups (broad SMARTS) is 1. The molecule has 0 heterocycles. The van der Waals surface area contributed by atoms with Crippen LogP contribution >= 0.6 is 0 Å². The van der Waals surface area contributed by atoms with Crippen LogP contribution in [-0.2, 0) is 14.3 Å². The summed E-state index contributed by atoms with van der Waals surface area (Å²) >= 11 is 0. The smallest absolute Gasteiger partial charge is 0.309 e. The molecule has 0 spiro atoms. The number of rotatable bonds is 10. The Labute approximate surface area is 159 Å². The molecule has 0 unspecified atom stereocenters. The zero-order valence-electron chi connectivity index (χ0n) is 16.6. The predicted molar refractivity (Wildman–Crippen MR) is 103 cm³/mol. The molecule has 0 aliphatic heterocycles. The lowest BCUT2D eigenvalue weighted by molar-refractivity contribution is -0.172. The summed E-state index contributed by atoms with van der Waals surface area (Å²) in [5.74, 6) is -1.13. The van der Waals surface area contributed by atoms with Crippen LogP contribution in [0.2, 0.25) is 0 Å². The summed E-state index contributed by atoms with van der Waals surface area (Å²) in [6, 6.07) is 0. The number of esters is 1. The third-order valence-electron chi connectivity index (χ3n) is 6.48. The van der Waals surface area contributed by atoms with Crippen molar-refractivity contribution < 1.29 is 19.4 Å². The van der Waals surface area contributed by atoms with Gasteiger partial charge in [0.25, 0.3) is 0 Å². The molecular weight excluding hydrogens is 328 g/mol. The molecule has 150 valence electrons. The molecule has 4 nitrogen and oxygen atoms in total. The zero-order chi connectivity index (χ0) is 18.8. The van der Waals surface area contributed by atoms with Crippen molar-refractivity contribution in [3.05, 3.63) is 0 Å². The van der Waals surface area contributed by atoms with Crippen molar-refractivity contribution in [1.82, 2.24) is 0 Å². The molecule has 0 amide bonds. The minimum atomic E-state index is -0.719. The number of ether oxygens (including phenoxy) is 1. The van der Waals surface area contributed by atoms with Gasteiger partial charge in [-0.1, -0.05) is 45.4 Å². The highest BCUT2D eigenvalue weighted by Crippen LogP contribution is 2.38. The second kappa shape index (κ2) is 10.9. The monoisotopic (exact) mass is 366 g/mol. The lowest BCUT2D eigenvalue weighted by Gasteiger charge is -2.38. The largest absolute Gasteiger partial charge is 0.481 e. The van der Waals surface area contributed by atoms with Crippen LogP contribution in [0.15, 0.2) is 0 Å². The molecule has 2 saturated carbocycles. The molecule has 26 heavy (non-hydrogen) atoms. The summed E-state index contributed by atoms with van der Waals surface area (Å²) in [6.07, 6.45) is 16.8. The maximum Gasteiger partial charge on any atom is 0.309 e. The Morgan fingerprint density at radius 3 is 2.08 bits per heavy atom. The minimum Gasteiger partial charge on any atom is -0.481 e. The maximum absolute atomic E-state index is 12.8. The van der Waals surface area contributed by atoms with E-state index in [1.54, 1.807) is 0 Å². The third-order valence-corrected chi connectivity index (χ3v) is 6.48. The average Bonchev–Trinajstić information content (AvgIpc) is 2.65. The van der Waals surface area contributed by atoms with E-state index < -0.39 is 5.97 Å². The highest BCUT2D eigenvalue weighted by molar-refractivity contribution is 5.74. The molecule has 0 aromatic heterocycles. The average molecular weight is 367 g/mol. The highest BCUT2D eigenvalue weighted by atomic mass is 16.6. The Bertz CT molecular complexity index is 431. The lowest BCUT2D eigenvalue weighted by Crippen LogP contribution is -2.40. The molecule has 2 aliphatic carbocycles. The standard InChI is InChI=1S/C22H38O4/c1-2-3-4-5-6-8-15-22(16-9-7-10-17-22)26-21(25)19-13-11-18(12-14-19)20(23)24/h18-19H,2-17H2,1H3,(H,23,24). The molecule has 0 saturated heterocycles. The molecule has 1 N–H and O–H groups in total. The Morgan fingerprint density at radius 2 is 1.46 bits per heavy atom. The van der Waals surface area contributed by atoms with E-state index in [0.29, 0.717) is 25.7 Å². The first-order valence-corrected chi connectivity index (χ1v) is 11.0. The second-order valence-corrected chi connectivity index (χ2v) is 8.57. The molecule has 0 aromatic carbocycles. The fraction of sp³-hybridized carbons (Fsp3) is 0.909. The first-order chi connectivity index (χ1) is 12.6. The van der Waals surface area contributed by atoms with E-state index in [1.165, 1.54) is 38.5 Å². The summed E-state index contributed by atoms with van der Waals surface area (Å²) in [4.78, 5) is 23.8. The zero-order valence-corrected chi connectivity index (χ0v) is 16.6. The fourth-order valence-electron chi connectivity index (χ4n) is 4.70. The van der Waals surface area contributed by atoms with Crippen molar-refractivity contribution in [2.45, 2.75) is 115 Å². The van der Waals surface area contributed by atoms with Gasteiger partial charge in [-0.15, -0.1) is 0 Å². The molecule has 2 rings (SSSR count). The number of hydrogen-bond donors (Lipinski definition) is 1. The maximum atomic E-state index is 12.8. The van der Waals surface area contributed by atoms with E-state index in [2.05, 4.69) is 6.92 Å². The normalized spacial score (nSPS) is 25.6. The van der Waals surface area contributed by atoms with Gasteiger partial charge in [-0.25, -0.2) is 0 Å². The topological polar surface area (TPSA) is 63.6 Å². The van der Waals surface area contributed by atoms with Gasteiger partial charge in [0.15, 0.2) is 0 Å². The lowest BCUT2D eigenvalue weighted by atomic mass is 9.79. The van der Waals surface area contributed by atoms with Crippen LogP contribution in [0.5, 0.6) is 0 Å². The van der Waals surface area contributed by atoms with Crippen molar-refractivity contribution in [2.75, 3.05) is 0 Å². The van der Waals surface area contributed by atoms with Crippen molar-refractivity contribution in [2.24, 2.45) is 11.8 Å². The van der Waals surface area contributed by atoms with Gasteiger partial charge >= 0.3 is 11.9 Å². The first kappa shape index (κ1) is 21.2. The molecule has 0 radical (unpaired) electrons. The van der Waals surface area contributed by atoms with Crippen LogP contribution < -0.4 is 0 Å². The summed E-state index contributed by atoms with van der Waals surface area (Å²) in [5.41, 5.74) is -0.232. The van der Waals surface area contributed by atoms with E-state index in [1.807, 2.05) is 0 Å². The number of hydrogen-bond acceptors (Lipinski definition) is 3. The number of aliphatic carboxylic acids is 1. The van der Waals surface area contributed by atoms with E-state index >= 15 is 0 Å². The van der Waals surface area contributed by atoms with Gasteiger partial charge in [-0.3, -0.25) is 9.59 Å². The van der Waals surface area contributed by atoms with Gasteiger partial charge in [0.1, 0.15) is 5.60 Å². The van der Waals surface area contributed by atoms with E-state index in [4.69, 9.17) is 9.84 Å². The third kappa shape index (κ3) is 6.59. The highest BCUT2D eigenvalue weighted by Gasteiger charge is 2.38. The molecular formula is C22H38O4. The molecule has 0 atom stereocenters. The second-order valence-electron chi connectivity index (χ2n) is 8.57. The Morgan fingerprint density at radius 1 is 0.885 bits per heavy atom. The van der Waals surface area contributed by atoms with Crippen LogP contribution in [0, 0.1) is 11.8 Å². The SMILES string of the molecule is CCCCCCCCC1(OC(=O)C2CCC(C(=O)O)CC2)CCCCC1. The Balaban J connectivity index is 1.80. The quantitative estimate of drug-likeness (QED) is 0.388. The molecule has 2 aliphatic rings. The van der Waals surface area contributed by atoms with Crippen LogP contribution in [0.1, 0.15) is 110 Å². The van der Waals surface area contributed by atoms with Crippen molar-refractivity contribution in [1.29, 1.82) is 0 Å². The fourth-order valence-corrected chi connectivity index (χ4v) is 4.70. The molecule has 2 fully saturated rings. The number of carbonyl (C=O) groups excluding carboxylic acids is 1. The van der Waals surface area contributed by atoms with Crippen LogP contribution in [0.3, 0.4) is 0 Å². The van der Waals surface area contributed by atoms with Gasteiger partial charge in [0.05, 0.1) is 11.8 Å². The predicted octanol–water partition coefficient (Wildman–Crippen LogP) is 5.87. The van der Waals surface area contributed by atoms with Crippen molar-refractivity contribution in [3.8, 4) is 0 Å². The summed E-state index contributed by atoms with van der Waals surface area (Å²) in [6.45, 7) is 2.24. The van der Waals surface area contributed by atoms with E-state index in [9.17, 15) is 9.59 Å². The number of carboxylic acids is 1. The number of carbonyl (C=O) groups is 2. The van der Waals surface area contributed by atoms with Gasteiger partial charge in [-0.05, 0) is 64.2 Å². The molecule has 4 heteroatoms. The van der Waals surface area contributed by atoms with Gasteiger partial charge in [-0.2, -0.15) is 0 Å². The minimum absolute atomic E-state index is 0.0540. The van der Waals surface area contributed by atoms with E-state index in [-0.39, 0.29) is 23.4 Å².